The third-order valence-electron chi connectivity index (χ3n) is 5.10. The highest BCUT2D eigenvalue weighted by molar-refractivity contribution is 5.95. The fourth-order valence-corrected chi connectivity index (χ4v) is 3.39. The lowest BCUT2D eigenvalue weighted by atomic mass is 10.1. The summed E-state index contributed by atoms with van der Waals surface area (Å²) in [6.07, 6.45) is 0. The average Bonchev–Trinajstić information content (AvgIpc) is 2.73. The zero-order valence-electron chi connectivity index (χ0n) is 16.9. The van der Waals surface area contributed by atoms with E-state index in [1.54, 1.807) is 18.2 Å². The highest BCUT2D eigenvalue weighted by Gasteiger charge is 2.23. The molecule has 154 valence electrons. The number of hydrogen-bond acceptors (Lipinski definition) is 5. The van der Waals surface area contributed by atoms with Crippen LogP contribution in [0.2, 0.25) is 0 Å². The van der Waals surface area contributed by atoms with Crippen molar-refractivity contribution in [2.75, 3.05) is 39.9 Å². The second-order valence-corrected chi connectivity index (χ2v) is 7.12. The van der Waals surface area contributed by atoms with Gasteiger partial charge in [-0.25, -0.2) is 0 Å². The van der Waals surface area contributed by atoms with Crippen molar-refractivity contribution in [2.24, 2.45) is 5.73 Å². The van der Waals surface area contributed by atoms with Crippen molar-refractivity contribution >= 4 is 11.8 Å². The van der Waals surface area contributed by atoms with Crippen molar-refractivity contribution in [3.05, 3.63) is 59.2 Å². The number of aryl methyl sites for hydroxylation is 1. The SMILES string of the molecule is COc1cc(C(=O)N2CCN(Cc3ccccc3C)CC2)ccc1OCC(N)=O. The summed E-state index contributed by atoms with van der Waals surface area (Å²) in [6.45, 7) is 5.79. The third-order valence-corrected chi connectivity index (χ3v) is 5.10. The molecular weight excluding hydrogens is 370 g/mol. The minimum atomic E-state index is -0.573. The summed E-state index contributed by atoms with van der Waals surface area (Å²) >= 11 is 0. The van der Waals surface area contributed by atoms with Crippen molar-refractivity contribution < 1.29 is 19.1 Å². The normalized spacial score (nSPS) is 14.5. The van der Waals surface area contributed by atoms with Gasteiger partial charge in [0.25, 0.3) is 11.8 Å². The number of nitrogens with zero attached hydrogens (tertiary/aromatic N) is 2. The Kier molecular flexibility index (Phi) is 6.72. The minimum Gasteiger partial charge on any atom is -0.493 e. The molecule has 2 N–H and O–H groups in total. The summed E-state index contributed by atoms with van der Waals surface area (Å²) in [5.74, 6) is 0.164. The smallest absolute Gasteiger partial charge is 0.255 e. The predicted octanol–water partition coefficient (Wildman–Crippen LogP) is 1.83. The van der Waals surface area contributed by atoms with E-state index < -0.39 is 5.91 Å². The van der Waals surface area contributed by atoms with Crippen molar-refractivity contribution in [1.29, 1.82) is 0 Å². The van der Waals surface area contributed by atoms with Gasteiger partial charge in [-0.15, -0.1) is 0 Å². The van der Waals surface area contributed by atoms with Gasteiger partial charge in [0.1, 0.15) is 0 Å². The van der Waals surface area contributed by atoms with Crippen molar-refractivity contribution in [3.63, 3.8) is 0 Å². The van der Waals surface area contributed by atoms with Gasteiger partial charge in [0.2, 0.25) is 0 Å². The van der Waals surface area contributed by atoms with Crippen LogP contribution < -0.4 is 15.2 Å². The van der Waals surface area contributed by atoms with Crippen molar-refractivity contribution in [3.8, 4) is 11.5 Å². The van der Waals surface area contributed by atoms with Gasteiger partial charge in [-0.2, -0.15) is 0 Å². The van der Waals surface area contributed by atoms with E-state index in [4.69, 9.17) is 15.2 Å². The van der Waals surface area contributed by atoms with E-state index in [0.717, 1.165) is 19.6 Å². The molecule has 29 heavy (non-hydrogen) atoms. The van der Waals surface area contributed by atoms with Gasteiger partial charge in [0, 0.05) is 38.3 Å². The van der Waals surface area contributed by atoms with Gasteiger partial charge in [-0.3, -0.25) is 14.5 Å². The van der Waals surface area contributed by atoms with Crippen LogP contribution in [0.5, 0.6) is 11.5 Å². The molecule has 2 aromatic rings. The fraction of sp³-hybridized carbons (Fsp3) is 0.364. The number of methoxy groups -OCH3 is 1. The number of carbonyl (C=O) groups is 2. The van der Waals surface area contributed by atoms with Crippen LogP contribution in [0.25, 0.3) is 0 Å². The predicted molar refractivity (Wildman–Crippen MR) is 110 cm³/mol. The first kappa shape index (κ1) is 20.7. The van der Waals surface area contributed by atoms with Crippen LogP contribution in [0.1, 0.15) is 21.5 Å². The molecule has 0 radical (unpaired) electrons. The number of amides is 2. The number of rotatable bonds is 7. The molecule has 1 saturated heterocycles. The van der Waals surface area contributed by atoms with E-state index in [1.165, 1.54) is 18.2 Å². The number of carbonyl (C=O) groups excluding carboxylic acids is 2. The monoisotopic (exact) mass is 397 g/mol. The molecular formula is C22H27N3O4. The van der Waals surface area contributed by atoms with E-state index >= 15 is 0 Å². The van der Waals surface area contributed by atoms with Gasteiger partial charge in [0.05, 0.1) is 7.11 Å². The minimum absolute atomic E-state index is 0.0414. The highest BCUT2D eigenvalue weighted by atomic mass is 16.5. The number of primary amides is 1. The first-order chi connectivity index (χ1) is 14.0. The molecule has 1 heterocycles. The first-order valence-electron chi connectivity index (χ1n) is 9.63. The Morgan fingerprint density at radius 2 is 1.76 bits per heavy atom. The van der Waals surface area contributed by atoms with E-state index in [9.17, 15) is 9.59 Å². The highest BCUT2D eigenvalue weighted by Crippen LogP contribution is 2.28. The Labute approximate surface area is 171 Å². The van der Waals surface area contributed by atoms with Crippen LogP contribution in [-0.4, -0.2) is 61.5 Å². The van der Waals surface area contributed by atoms with Crippen LogP contribution in [-0.2, 0) is 11.3 Å². The van der Waals surface area contributed by atoms with Gasteiger partial charge >= 0.3 is 0 Å². The molecule has 2 amide bonds. The van der Waals surface area contributed by atoms with Crippen LogP contribution in [0.3, 0.4) is 0 Å². The number of nitrogens with two attached hydrogens (primary N) is 1. The maximum absolute atomic E-state index is 12.9. The van der Waals surface area contributed by atoms with Gasteiger partial charge in [-0.1, -0.05) is 24.3 Å². The molecule has 0 atom stereocenters. The average molecular weight is 397 g/mol. The first-order valence-corrected chi connectivity index (χ1v) is 9.63. The summed E-state index contributed by atoms with van der Waals surface area (Å²) < 4.78 is 10.6. The lowest BCUT2D eigenvalue weighted by Gasteiger charge is -2.35. The standard InChI is InChI=1S/C22H27N3O4/c1-16-5-3-4-6-18(16)14-24-9-11-25(12-10-24)22(27)17-7-8-19(20(13-17)28-2)29-15-21(23)26/h3-8,13H,9-12,14-15H2,1-2H3,(H2,23,26). The third kappa shape index (κ3) is 5.26. The van der Waals surface area contributed by atoms with Gasteiger partial charge in [0.15, 0.2) is 18.1 Å². The number of ether oxygens (including phenoxy) is 2. The zero-order chi connectivity index (χ0) is 20.8. The molecule has 1 aliphatic heterocycles. The molecule has 1 aliphatic rings. The molecule has 1 fully saturated rings. The molecule has 3 rings (SSSR count). The summed E-state index contributed by atoms with van der Waals surface area (Å²) in [6, 6.07) is 13.3. The lowest BCUT2D eigenvalue weighted by molar-refractivity contribution is -0.119. The van der Waals surface area contributed by atoms with E-state index in [0.29, 0.717) is 30.2 Å². The molecule has 0 saturated carbocycles. The number of piperazine rings is 1. The van der Waals surface area contributed by atoms with Gasteiger partial charge < -0.3 is 20.1 Å². The van der Waals surface area contributed by atoms with Crippen LogP contribution in [0.4, 0.5) is 0 Å². The molecule has 7 heteroatoms. The Morgan fingerprint density at radius 1 is 1.03 bits per heavy atom. The Hall–Kier alpha value is -3.06. The van der Waals surface area contributed by atoms with E-state index in [1.807, 2.05) is 11.0 Å². The molecule has 2 aromatic carbocycles. The largest absolute Gasteiger partial charge is 0.493 e. The lowest BCUT2D eigenvalue weighted by Crippen LogP contribution is -2.48. The maximum atomic E-state index is 12.9. The second kappa shape index (κ2) is 9.43. The number of benzene rings is 2. The maximum Gasteiger partial charge on any atom is 0.255 e. The molecule has 0 bridgehead atoms. The molecule has 0 aliphatic carbocycles. The fourth-order valence-electron chi connectivity index (χ4n) is 3.39. The molecule has 0 unspecified atom stereocenters. The summed E-state index contributed by atoms with van der Waals surface area (Å²) in [7, 11) is 1.49. The Morgan fingerprint density at radius 3 is 2.41 bits per heavy atom. The van der Waals surface area contributed by atoms with Crippen LogP contribution in [0, 0.1) is 6.92 Å². The molecule has 0 spiro atoms. The van der Waals surface area contributed by atoms with Crippen LogP contribution in [0.15, 0.2) is 42.5 Å². The Balaban J connectivity index is 1.60. The Bertz CT molecular complexity index is 876. The zero-order valence-corrected chi connectivity index (χ0v) is 16.9. The van der Waals surface area contributed by atoms with E-state index in [-0.39, 0.29) is 12.5 Å². The summed E-state index contributed by atoms with van der Waals surface area (Å²) in [4.78, 5) is 28.0. The molecule has 0 aromatic heterocycles. The topological polar surface area (TPSA) is 85.1 Å². The summed E-state index contributed by atoms with van der Waals surface area (Å²) in [5.41, 5.74) is 8.25. The van der Waals surface area contributed by atoms with Crippen molar-refractivity contribution in [2.45, 2.75) is 13.5 Å². The number of hydrogen-bond donors (Lipinski definition) is 1. The van der Waals surface area contributed by atoms with Crippen LogP contribution >= 0.6 is 0 Å². The second-order valence-electron chi connectivity index (χ2n) is 7.12. The van der Waals surface area contributed by atoms with Crippen molar-refractivity contribution in [1.82, 2.24) is 9.80 Å². The molecule has 7 nitrogen and oxygen atoms in total. The van der Waals surface area contributed by atoms with E-state index in [2.05, 4.69) is 30.0 Å². The quantitative estimate of drug-likeness (QED) is 0.770. The van der Waals surface area contributed by atoms with Gasteiger partial charge in [-0.05, 0) is 36.2 Å². The summed E-state index contributed by atoms with van der Waals surface area (Å²) in [5, 5.41) is 0.